The van der Waals surface area contributed by atoms with E-state index in [4.69, 9.17) is 4.74 Å². The standard InChI is InChI=1S/C24H26N6O2S/c1-15-6-5-7-21(17(15)3)30-16(2)12-19(18(30)4)13-20(14-25)22(31)26-23-27-28-24(33-23)29-8-10-32-11-9-29/h5-7,12-13H,8-11H2,1-4H3,(H,26,27,31)/b20-13-. The van der Waals surface area contributed by atoms with Crippen LogP contribution in [0.15, 0.2) is 29.8 Å². The van der Waals surface area contributed by atoms with Crippen molar-refractivity contribution in [1.29, 1.82) is 5.26 Å². The molecule has 0 aliphatic carbocycles. The zero-order valence-corrected chi connectivity index (χ0v) is 20.0. The fourth-order valence-corrected chi connectivity index (χ4v) is 4.69. The van der Waals surface area contributed by atoms with Crippen LogP contribution in [0.2, 0.25) is 0 Å². The van der Waals surface area contributed by atoms with Crippen molar-refractivity contribution in [2.75, 3.05) is 36.5 Å². The number of morpholine rings is 1. The number of aromatic nitrogens is 3. The van der Waals surface area contributed by atoms with E-state index in [2.05, 4.69) is 51.0 Å². The Labute approximate surface area is 197 Å². The van der Waals surface area contributed by atoms with Crippen molar-refractivity contribution < 1.29 is 9.53 Å². The number of carbonyl (C=O) groups is 1. The summed E-state index contributed by atoms with van der Waals surface area (Å²) < 4.78 is 7.51. The summed E-state index contributed by atoms with van der Waals surface area (Å²) in [6.07, 6.45) is 1.63. The molecule has 0 atom stereocenters. The molecule has 33 heavy (non-hydrogen) atoms. The Bertz CT molecular complexity index is 1260. The van der Waals surface area contributed by atoms with Crippen molar-refractivity contribution >= 4 is 33.6 Å². The van der Waals surface area contributed by atoms with E-state index in [1.165, 1.54) is 22.5 Å². The van der Waals surface area contributed by atoms with E-state index in [1.54, 1.807) is 6.08 Å². The van der Waals surface area contributed by atoms with E-state index in [9.17, 15) is 10.1 Å². The lowest BCUT2D eigenvalue weighted by Crippen LogP contribution is -2.36. The quantitative estimate of drug-likeness (QED) is 0.456. The van der Waals surface area contributed by atoms with E-state index in [0.29, 0.717) is 18.3 Å². The lowest BCUT2D eigenvalue weighted by atomic mass is 10.1. The number of nitrogens with one attached hydrogen (secondary N) is 1. The number of amides is 1. The first-order chi connectivity index (χ1) is 15.9. The summed E-state index contributed by atoms with van der Waals surface area (Å²) in [6, 6.07) is 10.2. The van der Waals surface area contributed by atoms with E-state index in [1.807, 2.05) is 32.0 Å². The van der Waals surface area contributed by atoms with Gasteiger partial charge in [-0.15, -0.1) is 10.2 Å². The fourth-order valence-electron chi connectivity index (χ4n) is 3.90. The number of aryl methyl sites for hydroxylation is 2. The van der Waals surface area contributed by atoms with Gasteiger partial charge in [-0.3, -0.25) is 10.1 Å². The van der Waals surface area contributed by atoms with Crippen molar-refractivity contribution in [3.63, 3.8) is 0 Å². The first-order valence-electron chi connectivity index (χ1n) is 10.7. The molecule has 0 saturated carbocycles. The molecule has 0 spiro atoms. The Morgan fingerprint density at radius 2 is 1.97 bits per heavy atom. The molecule has 1 N–H and O–H groups in total. The molecule has 1 fully saturated rings. The van der Waals surface area contributed by atoms with Crippen LogP contribution in [0.3, 0.4) is 0 Å². The van der Waals surface area contributed by atoms with E-state index >= 15 is 0 Å². The molecule has 9 heteroatoms. The summed E-state index contributed by atoms with van der Waals surface area (Å²) in [4.78, 5) is 14.9. The van der Waals surface area contributed by atoms with Gasteiger partial charge in [0.15, 0.2) is 0 Å². The number of anilines is 2. The summed E-state index contributed by atoms with van der Waals surface area (Å²) in [5.41, 5.74) is 6.34. The first kappa shape index (κ1) is 22.7. The van der Waals surface area contributed by atoms with Gasteiger partial charge >= 0.3 is 0 Å². The molecule has 0 unspecified atom stereocenters. The second kappa shape index (κ2) is 9.57. The second-order valence-electron chi connectivity index (χ2n) is 7.99. The molecule has 8 nitrogen and oxygen atoms in total. The molecule has 2 aromatic heterocycles. The maximum Gasteiger partial charge on any atom is 0.268 e. The summed E-state index contributed by atoms with van der Waals surface area (Å²) in [6.45, 7) is 11.0. The van der Waals surface area contributed by atoms with Gasteiger partial charge in [-0.1, -0.05) is 23.5 Å². The zero-order valence-electron chi connectivity index (χ0n) is 19.2. The lowest BCUT2D eigenvalue weighted by Gasteiger charge is -2.25. The number of hydrogen-bond acceptors (Lipinski definition) is 7. The third-order valence-electron chi connectivity index (χ3n) is 5.87. The van der Waals surface area contributed by atoms with Gasteiger partial charge in [-0.05, 0) is 62.6 Å². The minimum atomic E-state index is -0.501. The molecule has 1 aliphatic rings. The maximum absolute atomic E-state index is 12.8. The molecule has 170 valence electrons. The Morgan fingerprint density at radius 1 is 1.21 bits per heavy atom. The van der Waals surface area contributed by atoms with Gasteiger partial charge in [0.05, 0.1) is 13.2 Å². The van der Waals surface area contributed by atoms with Gasteiger partial charge in [-0.2, -0.15) is 5.26 Å². The zero-order chi connectivity index (χ0) is 23.5. The molecular formula is C24H26N6O2S. The van der Waals surface area contributed by atoms with Gasteiger partial charge in [0.2, 0.25) is 10.3 Å². The minimum Gasteiger partial charge on any atom is -0.378 e. The number of carbonyl (C=O) groups excluding carboxylic acids is 1. The van der Waals surface area contributed by atoms with Crippen LogP contribution in [-0.4, -0.2) is 47.0 Å². The number of hydrogen-bond donors (Lipinski definition) is 1. The maximum atomic E-state index is 12.8. The molecule has 1 amide bonds. The second-order valence-corrected chi connectivity index (χ2v) is 8.95. The normalized spacial score (nSPS) is 14.3. The average molecular weight is 463 g/mol. The topological polar surface area (TPSA) is 96.1 Å². The highest BCUT2D eigenvalue weighted by Crippen LogP contribution is 2.27. The molecule has 0 bridgehead atoms. The molecule has 3 heterocycles. The first-order valence-corrected chi connectivity index (χ1v) is 11.6. The molecule has 0 radical (unpaired) electrons. The van der Waals surface area contributed by atoms with Crippen molar-refractivity contribution in [3.8, 4) is 11.8 Å². The van der Waals surface area contributed by atoms with Crippen LogP contribution >= 0.6 is 11.3 Å². The molecule has 1 aliphatic heterocycles. The fraction of sp³-hybridized carbons (Fsp3) is 0.333. The van der Waals surface area contributed by atoms with Crippen LogP contribution in [0.1, 0.15) is 28.1 Å². The van der Waals surface area contributed by atoms with Crippen LogP contribution in [-0.2, 0) is 9.53 Å². The molecular weight excluding hydrogens is 436 g/mol. The van der Waals surface area contributed by atoms with Crippen molar-refractivity contribution in [1.82, 2.24) is 14.8 Å². The minimum absolute atomic E-state index is 0.0133. The van der Waals surface area contributed by atoms with Crippen molar-refractivity contribution in [3.05, 3.63) is 57.9 Å². The Morgan fingerprint density at radius 3 is 2.70 bits per heavy atom. The van der Waals surface area contributed by atoms with Crippen LogP contribution in [0, 0.1) is 39.0 Å². The number of rotatable bonds is 5. The lowest BCUT2D eigenvalue weighted by molar-refractivity contribution is -0.112. The number of benzene rings is 1. The molecule has 1 aromatic carbocycles. The number of nitriles is 1. The van der Waals surface area contributed by atoms with E-state index in [0.717, 1.165) is 40.9 Å². The monoisotopic (exact) mass is 462 g/mol. The van der Waals surface area contributed by atoms with Crippen LogP contribution in [0.25, 0.3) is 11.8 Å². The third-order valence-corrected chi connectivity index (χ3v) is 6.77. The SMILES string of the molecule is Cc1cccc(-n2c(C)cc(/C=C(/C#N)C(=O)Nc3nnc(N4CCOCC4)s3)c2C)c1C. The summed E-state index contributed by atoms with van der Waals surface area (Å²) in [7, 11) is 0. The molecule has 3 aromatic rings. The summed E-state index contributed by atoms with van der Waals surface area (Å²) in [5, 5.41) is 21.7. The number of ether oxygens (including phenoxy) is 1. The Hall–Kier alpha value is -3.48. The van der Waals surface area contributed by atoms with Crippen LogP contribution in [0.4, 0.5) is 10.3 Å². The van der Waals surface area contributed by atoms with E-state index in [-0.39, 0.29) is 5.57 Å². The van der Waals surface area contributed by atoms with Gasteiger partial charge in [0.25, 0.3) is 5.91 Å². The third kappa shape index (κ3) is 4.67. The van der Waals surface area contributed by atoms with Gasteiger partial charge in [0.1, 0.15) is 11.6 Å². The largest absolute Gasteiger partial charge is 0.378 e. The average Bonchev–Trinajstić information content (AvgIpc) is 3.38. The Balaban J connectivity index is 1.57. The Kier molecular flexibility index (Phi) is 6.58. The molecule has 1 saturated heterocycles. The highest BCUT2D eigenvalue weighted by Gasteiger charge is 2.19. The van der Waals surface area contributed by atoms with E-state index < -0.39 is 5.91 Å². The highest BCUT2D eigenvalue weighted by molar-refractivity contribution is 7.19. The highest BCUT2D eigenvalue weighted by atomic mass is 32.1. The predicted octanol–water partition coefficient (Wildman–Crippen LogP) is 3.94. The summed E-state index contributed by atoms with van der Waals surface area (Å²) in [5.74, 6) is -0.501. The van der Waals surface area contributed by atoms with Crippen LogP contribution < -0.4 is 10.2 Å². The summed E-state index contributed by atoms with van der Waals surface area (Å²) >= 11 is 1.29. The van der Waals surface area contributed by atoms with Crippen LogP contribution in [0.5, 0.6) is 0 Å². The van der Waals surface area contributed by atoms with Crippen molar-refractivity contribution in [2.45, 2.75) is 27.7 Å². The van der Waals surface area contributed by atoms with Gasteiger partial charge < -0.3 is 14.2 Å². The smallest absolute Gasteiger partial charge is 0.268 e. The van der Waals surface area contributed by atoms with Gasteiger partial charge in [0, 0.05) is 30.2 Å². The molecule has 4 rings (SSSR count). The number of nitrogens with zero attached hydrogens (tertiary/aromatic N) is 5. The van der Waals surface area contributed by atoms with Crippen molar-refractivity contribution in [2.24, 2.45) is 0 Å². The predicted molar refractivity (Wildman–Crippen MR) is 130 cm³/mol. The van der Waals surface area contributed by atoms with Gasteiger partial charge in [-0.25, -0.2) is 0 Å².